The molecule has 0 bridgehead atoms. The first-order chi connectivity index (χ1) is 13.8. The number of piperidine rings is 1. The van der Waals surface area contributed by atoms with Crippen molar-refractivity contribution in [2.75, 3.05) is 38.2 Å². The molecule has 0 spiro atoms. The zero-order valence-corrected chi connectivity index (χ0v) is 17.9. The first-order valence-electron chi connectivity index (χ1n) is 10.4. The minimum atomic E-state index is -0.504. The molecule has 1 aromatic rings. The van der Waals surface area contributed by atoms with Crippen molar-refractivity contribution in [3.05, 3.63) is 23.8 Å². The van der Waals surface area contributed by atoms with Crippen molar-refractivity contribution < 1.29 is 23.8 Å². The van der Waals surface area contributed by atoms with Crippen LogP contribution in [0.25, 0.3) is 0 Å². The minimum absolute atomic E-state index is 0.0640. The van der Waals surface area contributed by atoms with Crippen molar-refractivity contribution in [1.29, 1.82) is 0 Å². The van der Waals surface area contributed by atoms with E-state index in [0.29, 0.717) is 37.2 Å². The summed E-state index contributed by atoms with van der Waals surface area (Å²) in [7, 11) is 1.37. The van der Waals surface area contributed by atoms with E-state index in [1.165, 1.54) is 20.0 Å². The van der Waals surface area contributed by atoms with Gasteiger partial charge >= 0.3 is 12.1 Å². The van der Waals surface area contributed by atoms with Crippen LogP contribution in [0.15, 0.2) is 18.2 Å². The van der Waals surface area contributed by atoms with Gasteiger partial charge in [-0.2, -0.15) is 0 Å². The molecule has 7 heteroatoms. The minimum Gasteiger partial charge on any atom is -0.489 e. The molecule has 3 rings (SSSR count). The summed E-state index contributed by atoms with van der Waals surface area (Å²) in [6, 6.07) is 5.68. The van der Waals surface area contributed by atoms with Gasteiger partial charge in [0.15, 0.2) is 0 Å². The Kier molecular flexibility index (Phi) is 6.55. The zero-order valence-electron chi connectivity index (χ0n) is 17.9. The summed E-state index contributed by atoms with van der Waals surface area (Å²) in [5, 5.41) is 0. The van der Waals surface area contributed by atoms with Crippen molar-refractivity contribution in [2.24, 2.45) is 0 Å². The molecule has 2 aliphatic heterocycles. The van der Waals surface area contributed by atoms with Crippen molar-refractivity contribution in [3.63, 3.8) is 0 Å². The molecule has 2 heterocycles. The van der Waals surface area contributed by atoms with E-state index in [2.05, 4.69) is 4.90 Å². The maximum atomic E-state index is 12.2. The molecule has 7 nitrogen and oxygen atoms in total. The SMILES string of the molecule is COC(=O)c1ccc(N2CCCC2)cc1OC1CCN(C(=O)OC(C)(C)C)CC1. The number of esters is 1. The fourth-order valence-corrected chi connectivity index (χ4v) is 3.72. The van der Waals surface area contributed by atoms with Crippen LogP contribution >= 0.6 is 0 Å². The smallest absolute Gasteiger partial charge is 0.410 e. The molecule has 2 saturated heterocycles. The van der Waals surface area contributed by atoms with Crippen LogP contribution in [0.3, 0.4) is 0 Å². The number of ether oxygens (including phenoxy) is 3. The van der Waals surface area contributed by atoms with E-state index in [1.54, 1.807) is 11.0 Å². The predicted octanol–water partition coefficient (Wildman–Crippen LogP) is 3.85. The van der Waals surface area contributed by atoms with Gasteiger partial charge in [0.05, 0.1) is 7.11 Å². The maximum Gasteiger partial charge on any atom is 0.410 e. The molecular weight excluding hydrogens is 372 g/mol. The lowest BCUT2D eigenvalue weighted by molar-refractivity contribution is 0.0126. The number of carbonyl (C=O) groups is 2. The van der Waals surface area contributed by atoms with Gasteiger partial charge < -0.3 is 24.0 Å². The molecule has 29 heavy (non-hydrogen) atoms. The molecule has 160 valence electrons. The summed E-state index contributed by atoms with van der Waals surface area (Å²) in [6.45, 7) is 8.77. The van der Waals surface area contributed by atoms with Crippen molar-refractivity contribution in [2.45, 2.75) is 58.2 Å². The highest BCUT2D eigenvalue weighted by Crippen LogP contribution is 2.31. The second-order valence-corrected chi connectivity index (χ2v) is 8.65. The molecule has 0 aliphatic carbocycles. The number of benzene rings is 1. The standard InChI is InChI=1S/C22H32N2O5/c1-22(2,3)29-21(26)24-13-9-17(10-14-24)28-19-15-16(23-11-5-6-12-23)7-8-18(19)20(25)27-4/h7-8,15,17H,5-6,9-14H2,1-4H3. The maximum absolute atomic E-state index is 12.2. The van der Waals surface area contributed by atoms with Gasteiger partial charge in [-0.3, -0.25) is 0 Å². The van der Waals surface area contributed by atoms with Gasteiger partial charge in [-0.25, -0.2) is 9.59 Å². The Morgan fingerprint density at radius 1 is 1.03 bits per heavy atom. The molecule has 0 N–H and O–H groups in total. The van der Waals surface area contributed by atoms with E-state index < -0.39 is 11.6 Å². The number of carbonyl (C=O) groups excluding carboxylic acids is 2. The van der Waals surface area contributed by atoms with Gasteiger partial charge in [0.25, 0.3) is 0 Å². The van der Waals surface area contributed by atoms with Gasteiger partial charge in [0, 0.05) is 50.8 Å². The summed E-state index contributed by atoms with van der Waals surface area (Å²) in [6.07, 6.45) is 3.38. The van der Waals surface area contributed by atoms with Crippen LogP contribution in [0.1, 0.15) is 56.8 Å². The van der Waals surface area contributed by atoms with Crippen LogP contribution in [0, 0.1) is 0 Å². The second kappa shape index (κ2) is 8.93. The van der Waals surface area contributed by atoms with E-state index in [4.69, 9.17) is 14.2 Å². The molecule has 0 saturated carbocycles. The fraction of sp³-hybridized carbons (Fsp3) is 0.636. The topological polar surface area (TPSA) is 68.3 Å². The molecule has 1 amide bonds. The second-order valence-electron chi connectivity index (χ2n) is 8.65. The summed E-state index contributed by atoms with van der Waals surface area (Å²) in [5.74, 6) is 0.149. The largest absolute Gasteiger partial charge is 0.489 e. The number of hydrogen-bond donors (Lipinski definition) is 0. The van der Waals surface area contributed by atoms with Crippen molar-refractivity contribution in [3.8, 4) is 5.75 Å². The molecule has 0 unspecified atom stereocenters. The summed E-state index contributed by atoms with van der Waals surface area (Å²) in [5.41, 5.74) is 0.997. The number of rotatable bonds is 4. The first-order valence-corrected chi connectivity index (χ1v) is 10.4. The number of anilines is 1. The Morgan fingerprint density at radius 3 is 2.28 bits per heavy atom. The summed E-state index contributed by atoms with van der Waals surface area (Å²) < 4.78 is 16.6. The van der Waals surface area contributed by atoms with Crippen LogP contribution in [0.4, 0.5) is 10.5 Å². The quantitative estimate of drug-likeness (QED) is 0.710. The molecule has 2 aliphatic rings. The summed E-state index contributed by atoms with van der Waals surface area (Å²) >= 11 is 0. The van der Waals surface area contributed by atoms with Crippen molar-refractivity contribution >= 4 is 17.7 Å². The predicted molar refractivity (Wildman–Crippen MR) is 111 cm³/mol. The fourth-order valence-electron chi connectivity index (χ4n) is 3.72. The monoisotopic (exact) mass is 404 g/mol. The van der Waals surface area contributed by atoms with E-state index in [9.17, 15) is 9.59 Å². The van der Waals surface area contributed by atoms with E-state index in [1.807, 2.05) is 32.9 Å². The molecular formula is C22H32N2O5. The van der Waals surface area contributed by atoms with Crippen LogP contribution in [-0.4, -0.2) is 62.0 Å². The number of amides is 1. The first kappa shape index (κ1) is 21.3. The van der Waals surface area contributed by atoms with E-state index in [-0.39, 0.29) is 12.2 Å². The zero-order chi connectivity index (χ0) is 21.0. The highest BCUT2D eigenvalue weighted by Gasteiger charge is 2.29. The van der Waals surface area contributed by atoms with Crippen LogP contribution in [0.2, 0.25) is 0 Å². The normalized spacial score (nSPS) is 17.9. The highest BCUT2D eigenvalue weighted by molar-refractivity contribution is 5.93. The summed E-state index contributed by atoms with van der Waals surface area (Å²) in [4.78, 5) is 28.5. The Morgan fingerprint density at radius 2 is 1.69 bits per heavy atom. The lowest BCUT2D eigenvalue weighted by Gasteiger charge is -2.33. The number of methoxy groups -OCH3 is 1. The third-order valence-corrected chi connectivity index (χ3v) is 5.23. The molecule has 0 aromatic heterocycles. The van der Waals surface area contributed by atoms with Crippen molar-refractivity contribution in [1.82, 2.24) is 4.90 Å². The number of likely N-dealkylation sites (tertiary alicyclic amines) is 1. The Labute approximate surface area is 172 Å². The van der Waals surface area contributed by atoms with Gasteiger partial charge in [-0.05, 0) is 45.7 Å². The Hall–Kier alpha value is -2.44. The van der Waals surface area contributed by atoms with Gasteiger partial charge in [0.2, 0.25) is 0 Å². The lowest BCUT2D eigenvalue weighted by atomic mass is 10.1. The van der Waals surface area contributed by atoms with Gasteiger partial charge in [-0.1, -0.05) is 0 Å². The molecule has 2 fully saturated rings. The lowest BCUT2D eigenvalue weighted by Crippen LogP contribution is -2.44. The number of nitrogens with zero attached hydrogens (tertiary/aromatic N) is 2. The Bertz CT molecular complexity index is 729. The molecule has 0 atom stereocenters. The van der Waals surface area contributed by atoms with Gasteiger partial charge in [0.1, 0.15) is 23.0 Å². The average molecular weight is 405 g/mol. The molecule has 0 radical (unpaired) electrons. The van der Waals surface area contributed by atoms with E-state index >= 15 is 0 Å². The number of hydrogen-bond acceptors (Lipinski definition) is 6. The third kappa shape index (κ3) is 5.55. The Balaban J connectivity index is 1.66. The van der Waals surface area contributed by atoms with Crippen LogP contribution < -0.4 is 9.64 Å². The van der Waals surface area contributed by atoms with E-state index in [0.717, 1.165) is 18.8 Å². The van der Waals surface area contributed by atoms with Gasteiger partial charge in [-0.15, -0.1) is 0 Å². The highest BCUT2D eigenvalue weighted by atomic mass is 16.6. The van der Waals surface area contributed by atoms with Crippen LogP contribution in [-0.2, 0) is 9.47 Å². The average Bonchev–Trinajstić information content (AvgIpc) is 3.21. The van der Waals surface area contributed by atoms with Crippen LogP contribution in [0.5, 0.6) is 5.75 Å². The molecule has 1 aromatic carbocycles. The third-order valence-electron chi connectivity index (χ3n) is 5.23.